The van der Waals surface area contributed by atoms with E-state index in [0.29, 0.717) is 0 Å². The normalized spacial score (nSPS) is 29.2. The van der Waals surface area contributed by atoms with Crippen LogP contribution in [0.1, 0.15) is 34.6 Å². The minimum atomic E-state index is -2.39. The molecule has 1 unspecified atom stereocenters. The van der Waals surface area contributed by atoms with Gasteiger partial charge in [0.1, 0.15) is 73.2 Å². The van der Waals surface area contributed by atoms with Crippen molar-refractivity contribution >= 4 is 11.6 Å². The van der Waals surface area contributed by atoms with Crippen LogP contribution in [0.3, 0.4) is 0 Å². The van der Waals surface area contributed by atoms with Crippen LogP contribution >= 0.6 is 0 Å². The third kappa shape index (κ3) is 9.86. The number of ether oxygens (including phenoxy) is 3. The predicted octanol–water partition coefficient (Wildman–Crippen LogP) is -6.08. The summed E-state index contributed by atoms with van der Waals surface area (Å²) in [5, 5.41) is 121. The monoisotopic (exact) mass is 632 g/mol. The zero-order valence-electron chi connectivity index (χ0n) is 24.7. The third-order valence-electron chi connectivity index (χ3n) is 7.18. The lowest BCUT2D eigenvalue weighted by molar-refractivity contribution is -0.326. The average Bonchev–Trinajstić information content (AvgIpc) is 2.96. The van der Waals surface area contributed by atoms with Crippen molar-refractivity contribution in [3.63, 3.8) is 0 Å². The first-order valence-electron chi connectivity index (χ1n) is 13.6. The molecule has 254 valence electrons. The number of hydrogen-bond acceptors (Lipinski definition) is 17. The summed E-state index contributed by atoms with van der Waals surface area (Å²) < 4.78 is 15.9. The van der Waals surface area contributed by atoms with Crippen molar-refractivity contribution in [1.82, 2.24) is 0 Å². The molecule has 0 radical (unpaired) electrons. The molecule has 17 nitrogen and oxygen atoms in total. The van der Waals surface area contributed by atoms with Crippen molar-refractivity contribution in [2.45, 2.75) is 114 Å². The van der Waals surface area contributed by atoms with E-state index in [-0.39, 0.29) is 0 Å². The molecule has 0 amide bonds. The molecule has 1 fully saturated rings. The summed E-state index contributed by atoms with van der Waals surface area (Å²) in [6.45, 7) is 3.22. The molecule has 13 atom stereocenters. The summed E-state index contributed by atoms with van der Waals surface area (Å²) in [7, 11) is 0. The zero-order chi connectivity index (χ0) is 33.6. The van der Waals surface area contributed by atoms with Gasteiger partial charge < -0.3 is 75.5 Å². The quantitative estimate of drug-likeness (QED) is 0.0710. The van der Waals surface area contributed by atoms with Gasteiger partial charge in [-0.1, -0.05) is 34.6 Å². The highest BCUT2D eigenvalue weighted by molar-refractivity contribution is 5.89. The number of aliphatic hydroxyl groups excluding tert-OH is 12. The van der Waals surface area contributed by atoms with Crippen LogP contribution in [0.4, 0.5) is 0 Å². The number of carbonyl (C=O) groups is 2. The van der Waals surface area contributed by atoms with Gasteiger partial charge in [0.25, 0.3) is 0 Å². The van der Waals surface area contributed by atoms with E-state index in [1.54, 1.807) is 0 Å². The molecule has 0 aliphatic carbocycles. The Morgan fingerprint density at radius 1 is 0.721 bits per heavy atom. The lowest BCUT2D eigenvalue weighted by atomic mass is 9.82. The Bertz CT molecular complexity index is 876. The van der Waals surface area contributed by atoms with Crippen LogP contribution in [-0.2, 0) is 23.8 Å². The van der Waals surface area contributed by atoms with Crippen molar-refractivity contribution in [3.8, 4) is 0 Å². The van der Waals surface area contributed by atoms with Crippen LogP contribution < -0.4 is 0 Å². The summed E-state index contributed by atoms with van der Waals surface area (Å²) in [4.78, 5) is 25.9. The molecule has 1 heterocycles. The summed E-state index contributed by atoms with van der Waals surface area (Å²) in [6.07, 6.45) is -25.5. The Hall–Kier alpha value is -1.26. The Labute approximate surface area is 248 Å². The highest BCUT2D eigenvalue weighted by Gasteiger charge is 2.49. The first kappa shape index (κ1) is 39.8. The van der Waals surface area contributed by atoms with Crippen molar-refractivity contribution in [3.05, 3.63) is 0 Å². The van der Waals surface area contributed by atoms with E-state index in [1.165, 1.54) is 34.6 Å². The Kier molecular flexibility index (Phi) is 15.1. The number of hydrogen-bond donors (Lipinski definition) is 12. The van der Waals surface area contributed by atoms with E-state index in [2.05, 4.69) is 0 Å². The fourth-order valence-corrected chi connectivity index (χ4v) is 4.24. The van der Waals surface area contributed by atoms with Crippen LogP contribution in [0, 0.1) is 10.8 Å². The molecule has 1 saturated heterocycles. The van der Waals surface area contributed by atoms with Gasteiger partial charge in [-0.15, -0.1) is 0 Å². The fourth-order valence-electron chi connectivity index (χ4n) is 4.24. The molecule has 0 saturated carbocycles. The Morgan fingerprint density at radius 2 is 1.26 bits per heavy atom. The van der Waals surface area contributed by atoms with Crippen LogP contribution in [0.2, 0.25) is 0 Å². The fraction of sp³-hybridized carbons (Fsp3) is 0.923. The minimum absolute atomic E-state index is 0.731. The van der Waals surface area contributed by atoms with Crippen LogP contribution in [0.15, 0.2) is 0 Å². The lowest BCUT2D eigenvalue weighted by Crippen LogP contribution is -2.62. The van der Waals surface area contributed by atoms with Crippen molar-refractivity contribution < 1.29 is 85.1 Å². The molecule has 1 aliphatic heterocycles. The first-order chi connectivity index (χ1) is 19.7. The molecule has 0 aromatic heterocycles. The number of aliphatic hydroxyl groups is 12. The minimum Gasteiger partial charge on any atom is -0.394 e. The van der Waals surface area contributed by atoms with Crippen LogP contribution in [0.5, 0.6) is 0 Å². The number of carbonyl (C=O) groups excluding carboxylic acids is 2. The summed E-state index contributed by atoms with van der Waals surface area (Å²) in [6, 6.07) is 0. The van der Waals surface area contributed by atoms with Gasteiger partial charge in [-0.3, -0.25) is 9.59 Å². The smallest absolute Gasteiger partial charge is 0.187 e. The topological polar surface area (TPSA) is 305 Å². The van der Waals surface area contributed by atoms with Crippen LogP contribution in [-0.4, -0.2) is 179 Å². The van der Waals surface area contributed by atoms with Crippen molar-refractivity contribution in [2.24, 2.45) is 10.8 Å². The molecule has 0 aromatic rings. The van der Waals surface area contributed by atoms with Gasteiger partial charge in [-0.05, 0) is 0 Å². The van der Waals surface area contributed by atoms with E-state index in [0.717, 1.165) is 0 Å². The van der Waals surface area contributed by atoms with Gasteiger partial charge in [0.05, 0.1) is 26.4 Å². The SMILES string of the molecule is CC(C)(C)C(=O)[C@H](O)[C@@H](OCC(C)(C)C(=O)[C@H](O)[C@@H](O)[C@H](OC1O[C@H](CO)[C@H](O)[C@H](O)[C@H]1O)[C@H](O)CO)[C@H](O)[C@H](O)CO. The number of rotatable bonds is 17. The molecular formula is C26H48O17. The molecule has 0 bridgehead atoms. The van der Waals surface area contributed by atoms with Gasteiger partial charge in [-0.2, -0.15) is 0 Å². The largest absolute Gasteiger partial charge is 0.394 e. The second kappa shape index (κ2) is 16.3. The molecule has 0 spiro atoms. The Balaban J connectivity index is 3.17. The van der Waals surface area contributed by atoms with E-state index >= 15 is 0 Å². The zero-order valence-corrected chi connectivity index (χ0v) is 24.7. The second-order valence-electron chi connectivity index (χ2n) is 12.3. The maximum atomic E-state index is 13.2. The maximum absolute atomic E-state index is 13.2. The highest BCUT2D eigenvalue weighted by Crippen LogP contribution is 2.29. The van der Waals surface area contributed by atoms with E-state index in [1.807, 2.05) is 0 Å². The van der Waals surface area contributed by atoms with E-state index < -0.39 is 128 Å². The van der Waals surface area contributed by atoms with Gasteiger partial charge in [0.2, 0.25) is 0 Å². The molecule has 1 rings (SSSR count). The number of ketones is 2. The average molecular weight is 633 g/mol. The van der Waals surface area contributed by atoms with Crippen LogP contribution in [0.25, 0.3) is 0 Å². The second-order valence-corrected chi connectivity index (χ2v) is 12.3. The van der Waals surface area contributed by atoms with Crippen molar-refractivity contribution in [2.75, 3.05) is 26.4 Å². The standard InChI is InChI=1S/C26H48O17/c1-25(2,3)22(39)19(38)21(13(32)10(30)6-27)41-9-26(4,5)23(40)17(36)16(35)20(11(31)7-28)43-24-18(37)15(34)14(33)12(8-29)42-24/h10-21,24,27-38H,6-9H2,1-5H3/t10-,11-,12-,13-,14+,15+,16-,17-,18-,19-,20-,21+,24?/m1/s1. The molecule has 43 heavy (non-hydrogen) atoms. The molecule has 1 aliphatic rings. The van der Waals surface area contributed by atoms with Gasteiger partial charge in [0, 0.05) is 10.8 Å². The summed E-state index contributed by atoms with van der Waals surface area (Å²) >= 11 is 0. The highest BCUT2D eigenvalue weighted by atomic mass is 16.7. The molecular weight excluding hydrogens is 584 g/mol. The van der Waals surface area contributed by atoms with Gasteiger partial charge in [0.15, 0.2) is 17.9 Å². The maximum Gasteiger partial charge on any atom is 0.187 e. The Morgan fingerprint density at radius 3 is 1.72 bits per heavy atom. The predicted molar refractivity (Wildman–Crippen MR) is 142 cm³/mol. The van der Waals surface area contributed by atoms with E-state index in [9.17, 15) is 70.9 Å². The molecule has 0 aromatic carbocycles. The third-order valence-corrected chi connectivity index (χ3v) is 7.18. The van der Waals surface area contributed by atoms with Gasteiger partial charge in [-0.25, -0.2) is 0 Å². The summed E-state index contributed by atoms with van der Waals surface area (Å²) in [5.74, 6) is -1.97. The number of Topliss-reactive ketones (excluding diaryl/α,β-unsaturated/α-hetero) is 2. The van der Waals surface area contributed by atoms with Crippen molar-refractivity contribution in [1.29, 1.82) is 0 Å². The molecule has 17 heteroatoms. The summed E-state index contributed by atoms with van der Waals surface area (Å²) in [5.41, 5.74) is -2.90. The van der Waals surface area contributed by atoms with Gasteiger partial charge >= 0.3 is 0 Å². The lowest BCUT2D eigenvalue weighted by Gasteiger charge is -2.42. The first-order valence-corrected chi connectivity index (χ1v) is 13.6. The van der Waals surface area contributed by atoms with E-state index in [4.69, 9.17) is 14.2 Å². The molecule has 12 N–H and O–H groups in total.